The Balaban J connectivity index is 2.29. The minimum absolute atomic E-state index is 0.277. The van der Waals surface area contributed by atoms with E-state index in [1.54, 1.807) is 12.1 Å². The average Bonchev–Trinajstić information content (AvgIpc) is 2.39. The molecule has 16 heavy (non-hydrogen) atoms. The van der Waals surface area contributed by atoms with Crippen LogP contribution >= 0.6 is 0 Å². The Bertz CT molecular complexity index is 388. The maximum absolute atomic E-state index is 8.72. The zero-order valence-corrected chi connectivity index (χ0v) is 8.98. The molecule has 2 N–H and O–H groups in total. The van der Waals surface area contributed by atoms with Crippen LogP contribution in [0.25, 0.3) is 0 Å². The molecule has 1 aliphatic heterocycles. The molecule has 4 nitrogen and oxygen atoms in total. The number of rotatable bonds is 2. The van der Waals surface area contributed by atoms with Gasteiger partial charge < -0.3 is 15.2 Å². The van der Waals surface area contributed by atoms with E-state index in [9.17, 15) is 0 Å². The van der Waals surface area contributed by atoms with E-state index in [0.717, 1.165) is 12.0 Å². The van der Waals surface area contributed by atoms with E-state index < -0.39 is 5.79 Å². The number of hydrogen-bond acceptors (Lipinski definition) is 4. The molecule has 0 bridgehead atoms. The fourth-order valence-corrected chi connectivity index (χ4v) is 1.78. The quantitative estimate of drug-likeness (QED) is 0.807. The summed E-state index contributed by atoms with van der Waals surface area (Å²) in [5.41, 5.74) is 7.21. The lowest BCUT2D eigenvalue weighted by Crippen LogP contribution is -2.44. The number of nitrogens with zero attached hydrogens (tertiary/aromatic N) is 1. The van der Waals surface area contributed by atoms with Gasteiger partial charge >= 0.3 is 0 Å². The highest BCUT2D eigenvalue weighted by atomic mass is 16.7. The van der Waals surface area contributed by atoms with Crippen molar-refractivity contribution >= 4 is 0 Å². The van der Waals surface area contributed by atoms with E-state index in [1.165, 1.54) is 0 Å². The Morgan fingerprint density at radius 2 is 1.88 bits per heavy atom. The molecule has 0 spiro atoms. The summed E-state index contributed by atoms with van der Waals surface area (Å²) < 4.78 is 11.3. The Morgan fingerprint density at radius 1 is 1.25 bits per heavy atom. The predicted molar refractivity (Wildman–Crippen MR) is 58.4 cm³/mol. The van der Waals surface area contributed by atoms with Gasteiger partial charge in [-0.3, -0.25) is 0 Å². The molecule has 1 saturated heterocycles. The predicted octanol–water partition coefficient (Wildman–Crippen LogP) is 1.11. The van der Waals surface area contributed by atoms with E-state index in [1.807, 2.05) is 12.1 Å². The van der Waals surface area contributed by atoms with E-state index in [-0.39, 0.29) is 6.54 Å². The first-order chi connectivity index (χ1) is 7.80. The van der Waals surface area contributed by atoms with Crippen LogP contribution in [0.2, 0.25) is 0 Å². The lowest BCUT2D eigenvalue weighted by molar-refractivity contribution is -0.269. The van der Waals surface area contributed by atoms with Gasteiger partial charge in [0.25, 0.3) is 0 Å². The van der Waals surface area contributed by atoms with Crippen molar-refractivity contribution in [2.24, 2.45) is 5.73 Å². The van der Waals surface area contributed by atoms with Crippen LogP contribution in [0, 0.1) is 11.3 Å². The Labute approximate surface area is 94.6 Å². The third-order valence-electron chi connectivity index (χ3n) is 2.68. The number of nitrogens with two attached hydrogens (primary N) is 1. The largest absolute Gasteiger partial charge is 0.345 e. The van der Waals surface area contributed by atoms with E-state index in [2.05, 4.69) is 6.07 Å². The molecule has 84 valence electrons. The highest BCUT2D eigenvalue weighted by Crippen LogP contribution is 2.29. The smallest absolute Gasteiger partial charge is 0.207 e. The molecule has 1 aromatic rings. The number of hydrogen-bond donors (Lipinski definition) is 1. The fourth-order valence-electron chi connectivity index (χ4n) is 1.78. The van der Waals surface area contributed by atoms with Crippen molar-refractivity contribution in [1.29, 1.82) is 5.26 Å². The van der Waals surface area contributed by atoms with Crippen LogP contribution in [-0.4, -0.2) is 19.8 Å². The second-order valence-electron chi connectivity index (χ2n) is 3.70. The molecule has 1 aromatic carbocycles. The first-order valence-corrected chi connectivity index (χ1v) is 5.29. The second-order valence-corrected chi connectivity index (χ2v) is 3.70. The van der Waals surface area contributed by atoms with Crippen molar-refractivity contribution < 1.29 is 9.47 Å². The minimum Gasteiger partial charge on any atom is -0.345 e. The summed E-state index contributed by atoms with van der Waals surface area (Å²) >= 11 is 0. The summed E-state index contributed by atoms with van der Waals surface area (Å²) in [5, 5.41) is 8.72. The van der Waals surface area contributed by atoms with E-state index in [0.29, 0.717) is 18.8 Å². The highest BCUT2D eigenvalue weighted by molar-refractivity contribution is 5.33. The zero-order valence-electron chi connectivity index (χ0n) is 8.98. The average molecular weight is 218 g/mol. The Kier molecular flexibility index (Phi) is 3.20. The molecule has 0 amide bonds. The molecule has 0 aliphatic carbocycles. The maximum Gasteiger partial charge on any atom is 0.207 e. The molecular weight excluding hydrogens is 204 g/mol. The van der Waals surface area contributed by atoms with Crippen LogP contribution in [0.4, 0.5) is 0 Å². The summed E-state index contributed by atoms with van der Waals surface area (Å²) in [5.74, 6) is -0.827. The van der Waals surface area contributed by atoms with Crippen LogP contribution in [0.15, 0.2) is 24.3 Å². The maximum atomic E-state index is 8.72. The SMILES string of the molecule is N#Cc1ccc(C2(CN)OCCCO2)cc1. The van der Waals surface area contributed by atoms with Gasteiger partial charge in [-0.2, -0.15) is 5.26 Å². The summed E-state index contributed by atoms with van der Waals surface area (Å²) in [6.45, 7) is 1.58. The van der Waals surface area contributed by atoms with Gasteiger partial charge in [-0.1, -0.05) is 12.1 Å². The van der Waals surface area contributed by atoms with Crippen molar-refractivity contribution in [2.45, 2.75) is 12.2 Å². The van der Waals surface area contributed by atoms with Crippen LogP contribution in [0.1, 0.15) is 17.5 Å². The second kappa shape index (κ2) is 4.62. The van der Waals surface area contributed by atoms with Gasteiger partial charge in [-0.05, 0) is 18.6 Å². The van der Waals surface area contributed by atoms with Crippen LogP contribution < -0.4 is 5.73 Å². The summed E-state index contributed by atoms with van der Waals surface area (Å²) in [6.07, 6.45) is 0.887. The molecule has 0 aromatic heterocycles. The van der Waals surface area contributed by atoms with Gasteiger partial charge in [0.2, 0.25) is 5.79 Å². The van der Waals surface area contributed by atoms with Crippen molar-refractivity contribution in [3.05, 3.63) is 35.4 Å². The molecule has 4 heteroatoms. The third kappa shape index (κ3) is 1.93. The molecule has 0 saturated carbocycles. The topological polar surface area (TPSA) is 68.3 Å². The molecule has 1 fully saturated rings. The molecule has 0 radical (unpaired) electrons. The Hall–Kier alpha value is -1.41. The molecule has 0 atom stereocenters. The fraction of sp³-hybridized carbons (Fsp3) is 0.417. The molecule has 1 heterocycles. The third-order valence-corrected chi connectivity index (χ3v) is 2.68. The van der Waals surface area contributed by atoms with E-state index in [4.69, 9.17) is 20.5 Å². The molecular formula is C12H14N2O2. The van der Waals surface area contributed by atoms with Gasteiger partial charge in [-0.25, -0.2) is 0 Å². The molecule has 2 rings (SSSR count). The molecule has 0 unspecified atom stereocenters. The van der Waals surface area contributed by atoms with Crippen molar-refractivity contribution in [3.8, 4) is 6.07 Å². The van der Waals surface area contributed by atoms with Crippen LogP contribution in [0.3, 0.4) is 0 Å². The van der Waals surface area contributed by atoms with Gasteiger partial charge in [0.15, 0.2) is 0 Å². The highest BCUT2D eigenvalue weighted by Gasteiger charge is 2.35. The molecule has 1 aliphatic rings. The summed E-state index contributed by atoms with van der Waals surface area (Å²) in [6, 6.07) is 9.22. The van der Waals surface area contributed by atoms with Gasteiger partial charge in [0, 0.05) is 5.56 Å². The van der Waals surface area contributed by atoms with Crippen molar-refractivity contribution in [1.82, 2.24) is 0 Å². The number of ether oxygens (including phenoxy) is 2. The van der Waals surface area contributed by atoms with Crippen LogP contribution in [-0.2, 0) is 15.3 Å². The van der Waals surface area contributed by atoms with Gasteiger partial charge in [0.05, 0.1) is 31.4 Å². The van der Waals surface area contributed by atoms with Gasteiger partial charge in [-0.15, -0.1) is 0 Å². The van der Waals surface area contributed by atoms with Gasteiger partial charge in [0.1, 0.15) is 0 Å². The Morgan fingerprint density at radius 3 is 2.38 bits per heavy atom. The lowest BCUT2D eigenvalue weighted by atomic mass is 10.0. The number of benzene rings is 1. The summed E-state index contributed by atoms with van der Waals surface area (Å²) in [7, 11) is 0. The van der Waals surface area contributed by atoms with E-state index >= 15 is 0 Å². The lowest BCUT2D eigenvalue weighted by Gasteiger charge is -2.36. The first-order valence-electron chi connectivity index (χ1n) is 5.29. The zero-order chi connectivity index (χ0) is 11.4. The first kappa shape index (κ1) is 11.1. The minimum atomic E-state index is -0.827. The monoisotopic (exact) mass is 218 g/mol. The van der Waals surface area contributed by atoms with Crippen molar-refractivity contribution in [2.75, 3.05) is 19.8 Å². The normalized spacial score (nSPS) is 19.0. The van der Waals surface area contributed by atoms with Crippen molar-refractivity contribution in [3.63, 3.8) is 0 Å². The summed E-state index contributed by atoms with van der Waals surface area (Å²) in [4.78, 5) is 0. The number of nitriles is 1. The standard InChI is InChI=1S/C12H14N2O2/c13-8-10-2-4-11(5-3-10)12(9-14)15-6-1-7-16-12/h2-5H,1,6-7,9,14H2. The van der Waals surface area contributed by atoms with Crippen LogP contribution in [0.5, 0.6) is 0 Å².